The Morgan fingerprint density at radius 3 is 2.59 bits per heavy atom. The summed E-state index contributed by atoms with van der Waals surface area (Å²) in [7, 11) is 0. The van der Waals surface area contributed by atoms with Crippen molar-refractivity contribution in [2.24, 2.45) is 0 Å². The molecule has 0 bridgehead atoms. The zero-order valence-electron chi connectivity index (χ0n) is 14.9. The highest BCUT2D eigenvalue weighted by Crippen LogP contribution is 2.20. The van der Waals surface area contributed by atoms with Crippen LogP contribution in [0.1, 0.15) is 6.92 Å². The first-order valence-electron chi connectivity index (χ1n) is 8.59. The van der Waals surface area contributed by atoms with Gasteiger partial charge in [-0.1, -0.05) is 17.7 Å². The fourth-order valence-electron chi connectivity index (χ4n) is 2.69. The van der Waals surface area contributed by atoms with Crippen LogP contribution in [-0.2, 0) is 16.1 Å². The Hall–Kier alpha value is -2.99. The van der Waals surface area contributed by atoms with Gasteiger partial charge in [0.1, 0.15) is 12.3 Å². The number of hydrogen-bond acceptors (Lipinski definition) is 3. The molecule has 3 aromatic rings. The van der Waals surface area contributed by atoms with Crippen molar-refractivity contribution >= 4 is 40.0 Å². The van der Waals surface area contributed by atoms with E-state index in [0.29, 0.717) is 17.3 Å². The molecule has 7 heteroatoms. The summed E-state index contributed by atoms with van der Waals surface area (Å²) in [6.07, 6.45) is 1.82. The Morgan fingerprint density at radius 1 is 1.07 bits per heavy atom. The SMILES string of the molecule is CCOc1ccc(NC(=O)CNC(=O)Cn2ccc3ccc(Cl)cc32)cc1. The number of aromatic nitrogens is 1. The van der Waals surface area contributed by atoms with Gasteiger partial charge in [-0.2, -0.15) is 0 Å². The molecule has 0 fully saturated rings. The molecule has 2 aromatic carbocycles. The molecule has 0 aliphatic heterocycles. The number of hydrogen-bond donors (Lipinski definition) is 2. The molecule has 1 heterocycles. The van der Waals surface area contributed by atoms with E-state index in [0.717, 1.165) is 16.7 Å². The Labute approximate surface area is 162 Å². The topological polar surface area (TPSA) is 72.4 Å². The van der Waals surface area contributed by atoms with Gasteiger partial charge in [-0.25, -0.2) is 0 Å². The first-order chi connectivity index (χ1) is 13.0. The highest BCUT2D eigenvalue weighted by Gasteiger charge is 2.09. The highest BCUT2D eigenvalue weighted by molar-refractivity contribution is 6.31. The summed E-state index contributed by atoms with van der Waals surface area (Å²) >= 11 is 6.02. The van der Waals surface area contributed by atoms with E-state index >= 15 is 0 Å². The van der Waals surface area contributed by atoms with Crippen molar-refractivity contribution in [2.75, 3.05) is 18.5 Å². The van der Waals surface area contributed by atoms with Gasteiger partial charge in [0.15, 0.2) is 0 Å². The molecule has 140 valence electrons. The molecule has 2 N–H and O–H groups in total. The van der Waals surface area contributed by atoms with Crippen LogP contribution in [0, 0.1) is 0 Å². The van der Waals surface area contributed by atoms with Gasteiger partial charge in [-0.05, 0) is 54.8 Å². The number of carbonyl (C=O) groups is 2. The van der Waals surface area contributed by atoms with Gasteiger partial charge >= 0.3 is 0 Å². The maximum Gasteiger partial charge on any atom is 0.243 e. The minimum absolute atomic E-state index is 0.105. The van der Waals surface area contributed by atoms with Gasteiger partial charge in [0, 0.05) is 22.4 Å². The summed E-state index contributed by atoms with van der Waals surface area (Å²) < 4.78 is 7.14. The molecule has 0 atom stereocenters. The molecule has 0 aliphatic rings. The number of fused-ring (bicyclic) bond motifs is 1. The Bertz CT molecular complexity index is 951. The lowest BCUT2D eigenvalue weighted by atomic mass is 10.2. The zero-order chi connectivity index (χ0) is 19.2. The maximum absolute atomic E-state index is 12.2. The second-order valence-electron chi connectivity index (χ2n) is 5.93. The maximum atomic E-state index is 12.2. The molecule has 0 saturated carbocycles. The third kappa shape index (κ3) is 5.01. The van der Waals surface area contributed by atoms with E-state index in [2.05, 4.69) is 10.6 Å². The quantitative estimate of drug-likeness (QED) is 0.654. The highest BCUT2D eigenvalue weighted by atomic mass is 35.5. The number of carbonyl (C=O) groups excluding carboxylic acids is 2. The number of amides is 2. The normalized spacial score (nSPS) is 10.6. The molecule has 3 rings (SSSR count). The van der Waals surface area contributed by atoms with Gasteiger partial charge in [0.05, 0.1) is 13.2 Å². The summed E-state index contributed by atoms with van der Waals surface area (Å²) in [5.74, 6) is 0.185. The van der Waals surface area contributed by atoms with Crippen LogP contribution in [0.15, 0.2) is 54.7 Å². The zero-order valence-corrected chi connectivity index (χ0v) is 15.6. The molecule has 1 aromatic heterocycles. The monoisotopic (exact) mass is 385 g/mol. The minimum Gasteiger partial charge on any atom is -0.494 e. The van der Waals surface area contributed by atoms with E-state index in [-0.39, 0.29) is 24.9 Å². The van der Waals surface area contributed by atoms with E-state index in [4.69, 9.17) is 16.3 Å². The second kappa shape index (κ2) is 8.60. The van der Waals surface area contributed by atoms with Gasteiger partial charge in [0.25, 0.3) is 0 Å². The molecule has 0 radical (unpaired) electrons. The Morgan fingerprint density at radius 2 is 1.85 bits per heavy atom. The van der Waals surface area contributed by atoms with Crippen LogP contribution in [0.4, 0.5) is 5.69 Å². The molecule has 27 heavy (non-hydrogen) atoms. The fourth-order valence-corrected chi connectivity index (χ4v) is 2.86. The molecule has 6 nitrogen and oxygen atoms in total. The van der Waals surface area contributed by atoms with Crippen molar-refractivity contribution in [3.05, 3.63) is 59.8 Å². The van der Waals surface area contributed by atoms with Crippen LogP contribution < -0.4 is 15.4 Å². The van der Waals surface area contributed by atoms with Crippen LogP contribution >= 0.6 is 11.6 Å². The van der Waals surface area contributed by atoms with E-state index < -0.39 is 0 Å². The summed E-state index contributed by atoms with van der Waals surface area (Å²) in [4.78, 5) is 24.2. The number of halogens is 1. The number of rotatable bonds is 7. The first kappa shape index (κ1) is 18.8. The van der Waals surface area contributed by atoms with Crippen LogP contribution in [-0.4, -0.2) is 29.5 Å². The van der Waals surface area contributed by atoms with Crippen LogP contribution in [0.3, 0.4) is 0 Å². The molecular weight excluding hydrogens is 366 g/mol. The Balaban J connectivity index is 1.50. The van der Waals surface area contributed by atoms with Crippen molar-refractivity contribution in [3.63, 3.8) is 0 Å². The van der Waals surface area contributed by atoms with Gasteiger partial charge in [0.2, 0.25) is 11.8 Å². The average Bonchev–Trinajstić information content (AvgIpc) is 3.04. The summed E-state index contributed by atoms with van der Waals surface area (Å²) in [5, 5.41) is 6.96. The van der Waals surface area contributed by atoms with Crippen molar-refractivity contribution in [1.29, 1.82) is 0 Å². The van der Waals surface area contributed by atoms with Crippen LogP contribution in [0.25, 0.3) is 10.9 Å². The van der Waals surface area contributed by atoms with Crippen molar-refractivity contribution in [3.8, 4) is 5.75 Å². The van der Waals surface area contributed by atoms with Crippen LogP contribution in [0.5, 0.6) is 5.75 Å². The van der Waals surface area contributed by atoms with Gasteiger partial charge in [-0.15, -0.1) is 0 Å². The fraction of sp³-hybridized carbons (Fsp3) is 0.200. The van der Waals surface area contributed by atoms with Crippen molar-refractivity contribution < 1.29 is 14.3 Å². The summed E-state index contributed by atoms with van der Waals surface area (Å²) in [6, 6.07) is 14.5. The molecule has 0 saturated heterocycles. The number of anilines is 1. The van der Waals surface area contributed by atoms with Crippen LogP contribution in [0.2, 0.25) is 5.02 Å². The molecule has 2 amide bonds. The average molecular weight is 386 g/mol. The smallest absolute Gasteiger partial charge is 0.243 e. The lowest BCUT2D eigenvalue weighted by molar-refractivity contribution is -0.124. The lowest BCUT2D eigenvalue weighted by Gasteiger charge is -2.09. The third-order valence-corrected chi connectivity index (χ3v) is 4.18. The minimum atomic E-state index is -0.298. The van der Waals surface area contributed by atoms with E-state index in [1.165, 1.54) is 0 Å². The molecule has 0 unspecified atom stereocenters. The molecule has 0 spiro atoms. The second-order valence-corrected chi connectivity index (χ2v) is 6.37. The summed E-state index contributed by atoms with van der Waals surface area (Å²) in [5.41, 5.74) is 1.51. The van der Waals surface area contributed by atoms with E-state index in [1.54, 1.807) is 34.9 Å². The van der Waals surface area contributed by atoms with Gasteiger partial charge < -0.3 is 19.9 Å². The largest absolute Gasteiger partial charge is 0.494 e. The number of nitrogens with zero attached hydrogens (tertiary/aromatic N) is 1. The predicted molar refractivity (Wildman–Crippen MR) is 106 cm³/mol. The lowest BCUT2D eigenvalue weighted by Crippen LogP contribution is -2.34. The standard InChI is InChI=1S/C20H20ClN3O3/c1-2-27-17-7-5-16(6-8-17)23-19(25)12-22-20(26)13-24-10-9-14-3-4-15(21)11-18(14)24/h3-11H,2,12-13H2,1H3,(H,22,26)(H,23,25). The van der Waals surface area contributed by atoms with E-state index in [1.807, 2.05) is 31.3 Å². The number of nitrogens with one attached hydrogen (secondary N) is 2. The first-order valence-corrected chi connectivity index (χ1v) is 8.97. The predicted octanol–water partition coefficient (Wildman–Crippen LogP) is 3.45. The third-order valence-electron chi connectivity index (χ3n) is 3.95. The molecule has 0 aliphatic carbocycles. The number of benzene rings is 2. The van der Waals surface area contributed by atoms with Crippen molar-refractivity contribution in [1.82, 2.24) is 9.88 Å². The van der Waals surface area contributed by atoms with Crippen molar-refractivity contribution in [2.45, 2.75) is 13.5 Å². The Kier molecular flexibility index (Phi) is 5.98. The summed E-state index contributed by atoms with van der Waals surface area (Å²) in [6.45, 7) is 2.50. The number of ether oxygens (including phenoxy) is 1. The van der Waals surface area contributed by atoms with Gasteiger partial charge in [-0.3, -0.25) is 9.59 Å². The molecular formula is C20H20ClN3O3. The van der Waals surface area contributed by atoms with E-state index in [9.17, 15) is 9.59 Å².